The van der Waals surface area contributed by atoms with Gasteiger partial charge in [-0.1, -0.05) is 18.5 Å². The first-order valence-electron chi connectivity index (χ1n) is 6.50. The maximum Gasteiger partial charge on any atom is 0.306 e. The highest BCUT2D eigenvalue weighted by molar-refractivity contribution is 6.30. The maximum atomic E-state index is 11.6. The van der Waals surface area contributed by atoms with E-state index in [1.165, 1.54) is 0 Å². The van der Waals surface area contributed by atoms with Gasteiger partial charge in [0.2, 0.25) is 0 Å². The van der Waals surface area contributed by atoms with E-state index in [2.05, 4.69) is 0 Å². The summed E-state index contributed by atoms with van der Waals surface area (Å²) in [6, 6.07) is 7.19. The average Bonchev–Trinajstić information content (AvgIpc) is 2.30. The van der Waals surface area contributed by atoms with Crippen LogP contribution in [-0.4, -0.2) is 18.2 Å². The molecule has 0 radical (unpaired) electrons. The van der Waals surface area contributed by atoms with Gasteiger partial charge in [0.25, 0.3) is 0 Å². The van der Waals surface area contributed by atoms with E-state index in [9.17, 15) is 4.79 Å². The van der Waals surface area contributed by atoms with Crippen LogP contribution in [0.25, 0.3) is 0 Å². The van der Waals surface area contributed by atoms with Gasteiger partial charge >= 0.3 is 5.97 Å². The molecule has 106 valence electrons. The number of carbonyl (C=O) groups is 1. The zero-order valence-corrected chi connectivity index (χ0v) is 12.6. The highest BCUT2D eigenvalue weighted by Crippen LogP contribution is 2.20. The molecule has 1 aromatic rings. The molecule has 0 amide bonds. The fraction of sp³-hybridized carbons (Fsp3) is 0.533. The Hall–Kier alpha value is -1.22. The normalized spacial score (nSPS) is 14.0. The Kier molecular flexibility index (Phi) is 6.16. The number of carbonyl (C=O) groups excluding carboxylic acids is 1. The standard InChI is InChI=1S/C15H21ClO3/c1-10(2)18-15(17)9-11(3)12(4)19-14-7-5-13(16)6-8-14/h5-8,10-12H,9H2,1-4H3. The number of esters is 1. The third kappa shape index (κ3) is 5.97. The highest BCUT2D eigenvalue weighted by Gasteiger charge is 2.19. The fourth-order valence-electron chi connectivity index (χ4n) is 1.58. The van der Waals surface area contributed by atoms with E-state index in [0.29, 0.717) is 11.4 Å². The van der Waals surface area contributed by atoms with Crippen LogP contribution in [0, 0.1) is 5.92 Å². The van der Waals surface area contributed by atoms with Crippen molar-refractivity contribution in [2.45, 2.75) is 46.3 Å². The number of hydrogen-bond donors (Lipinski definition) is 0. The van der Waals surface area contributed by atoms with Crippen molar-refractivity contribution in [2.75, 3.05) is 0 Å². The first-order valence-corrected chi connectivity index (χ1v) is 6.88. The van der Waals surface area contributed by atoms with Crippen LogP contribution in [0.3, 0.4) is 0 Å². The van der Waals surface area contributed by atoms with Crippen LogP contribution < -0.4 is 4.74 Å². The van der Waals surface area contributed by atoms with Gasteiger partial charge in [0.05, 0.1) is 18.6 Å². The maximum absolute atomic E-state index is 11.6. The second-order valence-corrected chi connectivity index (χ2v) is 5.43. The second kappa shape index (κ2) is 7.39. The molecule has 0 fully saturated rings. The van der Waals surface area contributed by atoms with E-state index in [4.69, 9.17) is 21.1 Å². The van der Waals surface area contributed by atoms with Crippen LogP contribution in [0.1, 0.15) is 34.1 Å². The van der Waals surface area contributed by atoms with Gasteiger partial charge in [-0.05, 0) is 45.0 Å². The largest absolute Gasteiger partial charge is 0.490 e. The number of hydrogen-bond acceptors (Lipinski definition) is 3. The summed E-state index contributed by atoms with van der Waals surface area (Å²) in [5.41, 5.74) is 0. The van der Waals surface area contributed by atoms with Gasteiger partial charge in [-0.2, -0.15) is 0 Å². The molecule has 0 aromatic heterocycles. The van der Waals surface area contributed by atoms with Crippen molar-refractivity contribution < 1.29 is 14.3 Å². The minimum absolute atomic E-state index is 0.0686. The van der Waals surface area contributed by atoms with E-state index >= 15 is 0 Å². The molecule has 19 heavy (non-hydrogen) atoms. The fourth-order valence-corrected chi connectivity index (χ4v) is 1.71. The molecule has 0 saturated carbocycles. The Morgan fingerprint density at radius 2 is 1.74 bits per heavy atom. The summed E-state index contributed by atoms with van der Waals surface area (Å²) < 4.78 is 10.9. The van der Waals surface area contributed by atoms with Crippen LogP contribution >= 0.6 is 11.6 Å². The quantitative estimate of drug-likeness (QED) is 0.738. The third-order valence-corrected chi connectivity index (χ3v) is 3.04. The van der Waals surface area contributed by atoms with Crippen LogP contribution in [-0.2, 0) is 9.53 Å². The van der Waals surface area contributed by atoms with E-state index in [1.54, 1.807) is 12.1 Å². The van der Waals surface area contributed by atoms with Gasteiger partial charge in [-0.15, -0.1) is 0 Å². The average molecular weight is 285 g/mol. The van der Waals surface area contributed by atoms with Crippen molar-refractivity contribution in [3.8, 4) is 5.75 Å². The van der Waals surface area contributed by atoms with E-state index in [-0.39, 0.29) is 24.1 Å². The monoisotopic (exact) mass is 284 g/mol. The predicted molar refractivity (Wildman–Crippen MR) is 76.6 cm³/mol. The second-order valence-electron chi connectivity index (χ2n) is 5.00. The summed E-state index contributed by atoms with van der Waals surface area (Å²) in [5, 5.41) is 0.675. The Balaban J connectivity index is 2.46. The molecule has 0 saturated heterocycles. The van der Waals surface area contributed by atoms with Crippen molar-refractivity contribution in [2.24, 2.45) is 5.92 Å². The van der Waals surface area contributed by atoms with E-state index in [1.807, 2.05) is 39.8 Å². The smallest absolute Gasteiger partial charge is 0.306 e. The Morgan fingerprint density at radius 1 is 1.16 bits per heavy atom. The number of halogens is 1. The lowest BCUT2D eigenvalue weighted by Gasteiger charge is -2.21. The summed E-state index contributed by atoms with van der Waals surface area (Å²) in [6.07, 6.45) is 0.209. The third-order valence-electron chi connectivity index (χ3n) is 2.79. The minimum atomic E-state index is -0.186. The molecule has 1 aromatic carbocycles. The first-order chi connectivity index (χ1) is 8.88. The van der Waals surface area contributed by atoms with Crippen molar-refractivity contribution in [1.29, 1.82) is 0 Å². The first kappa shape index (κ1) is 15.8. The molecule has 0 aliphatic rings. The lowest BCUT2D eigenvalue weighted by atomic mass is 10.0. The van der Waals surface area contributed by atoms with Crippen LogP contribution in [0.4, 0.5) is 0 Å². The summed E-state index contributed by atoms with van der Waals surface area (Å²) >= 11 is 5.81. The Morgan fingerprint density at radius 3 is 2.26 bits per heavy atom. The number of benzene rings is 1. The van der Waals surface area contributed by atoms with Crippen molar-refractivity contribution in [3.63, 3.8) is 0 Å². The van der Waals surface area contributed by atoms with Crippen LogP contribution in [0.2, 0.25) is 5.02 Å². The molecule has 0 N–H and O–H groups in total. The van der Waals surface area contributed by atoms with E-state index in [0.717, 1.165) is 5.75 Å². The van der Waals surface area contributed by atoms with Crippen molar-refractivity contribution in [3.05, 3.63) is 29.3 Å². The molecule has 0 aliphatic carbocycles. The van der Waals surface area contributed by atoms with Gasteiger partial charge in [-0.25, -0.2) is 0 Å². The van der Waals surface area contributed by atoms with Crippen molar-refractivity contribution >= 4 is 17.6 Å². The Labute approximate surface area is 119 Å². The van der Waals surface area contributed by atoms with Crippen LogP contribution in [0.5, 0.6) is 5.75 Å². The molecule has 0 bridgehead atoms. The molecule has 1 rings (SSSR count). The topological polar surface area (TPSA) is 35.5 Å². The summed E-state index contributed by atoms with van der Waals surface area (Å²) in [5.74, 6) is 0.650. The summed E-state index contributed by atoms with van der Waals surface area (Å²) in [6.45, 7) is 7.61. The lowest BCUT2D eigenvalue weighted by molar-refractivity contribution is -0.149. The molecule has 0 heterocycles. The van der Waals surface area contributed by atoms with Gasteiger partial charge in [0.15, 0.2) is 0 Å². The summed E-state index contributed by atoms with van der Waals surface area (Å²) in [7, 11) is 0. The molecule has 0 aliphatic heterocycles. The van der Waals surface area contributed by atoms with Gasteiger partial charge in [-0.3, -0.25) is 4.79 Å². The van der Waals surface area contributed by atoms with Gasteiger partial charge in [0.1, 0.15) is 5.75 Å². The van der Waals surface area contributed by atoms with Crippen molar-refractivity contribution in [1.82, 2.24) is 0 Å². The predicted octanol–water partition coefficient (Wildman–Crippen LogP) is 4.09. The molecule has 2 atom stereocenters. The number of ether oxygens (including phenoxy) is 2. The molecule has 2 unspecified atom stereocenters. The highest BCUT2D eigenvalue weighted by atomic mass is 35.5. The van der Waals surface area contributed by atoms with Gasteiger partial charge < -0.3 is 9.47 Å². The lowest BCUT2D eigenvalue weighted by Crippen LogP contribution is -2.25. The molecular weight excluding hydrogens is 264 g/mol. The zero-order valence-electron chi connectivity index (χ0n) is 11.9. The van der Waals surface area contributed by atoms with Gasteiger partial charge in [0, 0.05) is 10.9 Å². The molecule has 0 spiro atoms. The Bertz CT molecular complexity index is 400. The SMILES string of the molecule is CC(C)OC(=O)CC(C)C(C)Oc1ccc(Cl)cc1. The minimum Gasteiger partial charge on any atom is -0.490 e. The number of rotatable bonds is 6. The molecular formula is C15H21ClO3. The van der Waals surface area contributed by atoms with E-state index < -0.39 is 0 Å². The molecule has 3 nitrogen and oxygen atoms in total. The summed E-state index contributed by atoms with van der Waals surface area (Å²) in [4.78, 5) is 11.6. The molecule has 4 heteroatoms. The zero-order chi connectivity index (χ0) is 14.4. The van der Waals surface area contributed by atoms with Crippen LogP contribution in [0.15, 0.2) is 24.3 Å².